The Bertz CT molecular complexity index is 646. The van der Waals surface area contributed by atoms with Gasteiger partial charge in [0, 0.05) is 11.5 Å². The number of methoxy groups -OCH3 is 1. The summed E-state index contributed by atoms with van der Waals surface area (Å²) in [4.78, 5) is 14.1. The second kappa shape index (κ2) is 6.29. The van der Waals surface area contributed by atoms with E-state index < -0.39 is 0 Å². The van der Waals surface area contributed by atoms with E-state index in [4.69, 9.17) is 16.3 Å². The van der Waals surface area contributed by atoms with Crippen LogP contribution in [0.4, 0.5) is 5.69 Å². The van der Waals surface area contributed by atoms with E-state index in [1.54, 1.807) is 32.4 Å². The van der Waals surface area contributed by atoms with E-state index in [0.717, 1.165) is 0 Å². The average molecular weight is 355 g/mol. The highest BCUT2D eigenvalue weighted by atomic mass is 79.9. The fourth-order valence-corrected chi connectivity index (χ4v) is 2.44. The van der Waals surface area contributed by atoms with Gasteiger partial charge in [-0.15, -0.1) is 0 Å². The summed E-state index contributed by atoms with van der Waals surface area (Å²) < 4.78 is 5.96. The Morgan fingerprint density at radius 1 is 1.20 bits per heavy atom. The van der Waals surface area contributed by atoms with Crippen molar-refractivity contribution in [3.8, 4) is 5.75 Å². The molecule has 0 atom stereocenters. The predicted octanol–water partition coefficient (Wildman–Crippen LogP) is 4.39. The Hall–Kier alpha value is -1.52. The van der Waals surface area contributed by atoms with Crippen LogP contribution in [0, 0.1) is 0 Å². The van der Waals surface area contributed by atoms with Gasteiger partial charge in [-0.2, -0.15) is 0 Å². The molecule has 0 saturated carbocycles. The van der Waals surface area contributed by atoms with Gasteiger partial charge < -0.3 is 9.64 Å². The summed E-state index contributed by atoms with van der Waals surface area (Å²) in [6.07, 6.45) is 0. The number of benzene rings is 2. The molecule has 20 heavy (non-hydrogen) atoms. The lowest BCUT2D eigenvalue weighted by Gasteiger charge is -2.20. The number of rotatable bonds is 3. The molecule has 0 heterocycles. The standard InChI is InChI=1S/C15H13BrClNO2/c1-18(12-8-3-4-9-13(12)20-2)15(19)10-6-5-7-11(16)14(10)17/h3-9H,1-2H3. The average Bonchev–Trinajstić information content (AvgIpc) is 2.48. The van der Waals surface area contributed by atoms with Gasteiger partial charge in [-0.05, 0) is 40.2 Å². The SMILES string of the molecule is COc1ccccc1N(C)C(=O)c1cccc(Br)c1Cl. The summed E-state index contributed by atoms with van der Waals surface area (Å²) in [5.41, 5.74) is 1.13. The first-order chi connectivity index (χ1) is 9.56. The van der Waals surface area contributed by atoms with Crippen LogP contribution in [0.15, 0.2) is 46.9 Å². The fraction of sp³-hybridized carbons (Fsp3) is 0.133. The molecule has 3 nitrogen and oxygen atoms in total. The zero-order chi connectivity index (χ0) is 14.7. The van der Waals surface area contributed by atoms with E-state index >= 15 is 0 Å². The molecule has 0 aliphatic carbocycles. The van der Waals surface area contributed by atoms with Gasteiger partial charge in [0.2, 0.25) is 0 Å². The van der Waals surface area contributed by atoms with E-state index in [-0.39, 0.29) is 5.91 Å². The second-order valence-electron chi connectivity index (χ2n) is 4.14. The molecule has 0 aliphatic heterocycles. The maximum Gasteiger partial charge on any atom is 0.259 e. The summed E-state index contributed by atoms with van der Waals surface area (Å²) in [6.45, 7) is 0. The number of hydrogen-bond donors (Lipinski definition) is 0. The Labute approximate surface area is 131 Å². The van der Waals surface area contributed by atoms with Crippen molar-refractivity contribution in [3.63, 3.8) is 0 Å². The summed E-state index contributed by atoms with van der Waals surface area (Å²) in [6, 6.07) is 12.6. The van der Waals surface area contributed by atoms with Crippen molar-refractivity contribution in [2.24, 2.45) is 0 Å². The number of ether oxygens (including phenoxy) is 1. The monoisotopic (exact) mass is 353 g/mol. The lowest BCUT2D eigenvalue weighted by atomic mass is 10.2. The lowest BCUT2D eigenvalue weighted by molar-refractivity contribution is 0.0992. The molecule has 0 fully saturated rings. The Morgan fingerprint density at radius 2 is 1.90 bits per heavy atom. The van der Waals surface area contributed by atoms with Crippen molar-refractivity contribution in [1.82, 2.24) is 0 Å². The Kier molecular flexibility index (Phi) is 4.68. The van der Waals surface area contributed by atoms with Gasteiger partial charge in [0.15, 0.2) is 0 Å². The number of para-hydroxylation sites is 2. The summed E-state index contributed by atoms with van der Waals surface area (Å²) in [5.74, 6) is 0.440. The number of anilines is 1. The van der Waals surface area contributed by atoms with Crippen LogP contribution in [0.2, 0.25) is 5.02 Å². The van der Waals surface area contributed by atoms with Crippen LogP contribution in [0.5, 0.6) is 5.75 Å². The Balaban J connectivity index is 2.40. The number of amides is 1. The third kappa shape index (κ3) is 2.81. The second-order valence-corrected chi connectivity index (χ2v) is 5.37. The number of halogens is 2. The highest BCUT2D eigenvalue weighted by molar-refractivity contribution is 9.10. The van der Waals surface area contributed by atoms with Crippen molar-refractivity contribution in [2.45, 2.75) is 0 Å². The van der Waals surface area contributed by atoms with Gasteiger partial charge in [0.25, 0.3) is 5.91 Å². The van der Waals surface area contributed by atoms with Crippen molar-refractivity contribution >= 4 is 39.1 Å². The van der Waals surface area contributed by atoms with Gasteiger partial charge >= 0.3 is 0 Å². The largest absolute Gasteiger partial charge is 0.495 e. The molecule has 2 rings (SSSR count). The van der Waals surface area contributed by atoms with E-state index in [9.17, 15) is 4.79 Å². The van der Waals surface area contributed by atoms with E-state index in [2.05, 4.69) is 15.9 Å². The third-order valence-corrected chi connectivity index (χ3v) is 4.23. The quantitative estimate of drug-likeness (QED) is 0.818. The predicted molar refractivity (Wildman–Crippen MR) is 84.9 cm³/mol. The van der Waals surface area contributed by atoms with Crippen LogP contribution in [0.25, 0.3) is 0 Å². The van der Waals surface area contributed by atoms with Crippen LogP contribution in [-0.2, 0) is 0 Å². The van der Waals surface area contributed by atoms with E-state index in [0.29, 0.717) is 26.5 Å². The molecular weight excluding hydrogens is 342 g/mol. The fourth-order valence-electron chi connectivity index (χ4n) is 1.87. The molecule has 5 heteroatoms. The van der Waals surface area contributed by atoms with Crippen LogP contribution in [-0.4, -0.2) is 20.1 Å². The van der Waals surface area contributed by atoms with Gasteiger partial charge in [-0.3, -0.25) is 4.79 Å². The molecular formula is C15H13BrClNO2. The van der Waals surface area contributed by atoms with E-state index in [1.807, 2.05) is 24.3 Å². The molecule has 0 radical (unpaired) electrons. The number of carbonyl (C=O) groups is 1. The van der Waals surface area contributed by atoms with Gasteiger partial charge in [0.05, 0.1) is 23.4 Å². The molecule has 0 aromatic heterocycles. The molecule has 2 aromatic rings. The van der Waals surface area contributed by atoms with Gasteiger partial charge in [0.1, 0.15) is 5.75 Å². The first-order valence-corrected chi connectivity index (χ1v) is 7.08. The zero-order valence-corrected chi connectivity index (χ0v) is 13.4. The first kappa shape index (κ1) is 14.9. The number of hydrogen-bond acceptors (Lipinski definition) is 2. The maximum atomic E-state index is 12.6. The number of carbonyl (C=O) groups excluding carboxylic acids is 1. The Morgan fingerprint density at radius 3 is 2.60 bits per heavy atom. The molecule has 0 N–H and O–H groups in total. The summed E-state index contributed by atoms with van der Waals surface area (Å²) in [7, 11) is 3.26. The topological polar surface area (TPSA) is 29.5 Å². The van der Waals surface area contributed by atoms with Crippen LogP contribution in [0.1, 0.15) is 10.4 Å². The molecule has 1 amide bonds. The van der Waals surface area contributed by atoms with Crippen molar-refractivity contribution in [3.05, 3.63) is 57.5 Å². The molecule has 0 spiro atoms. The first-order valence-electron chi connectivity index (χ1n) is 5.91. The highest BCUT2D eigenvalue weighted by Gasteiger charge is 2.19. The van der Waals surface area contributed by atoms with Crippen molar-refractivity contribution in [1.29, 1.82) is 0 Å². The zero-order valence-electron chi connectivity index (χ0n) is 11.1. The molecule has 0 unspecified atom stereocenters. The minimum atomic E-state index is -0.194. The third-order valence-electron chi connectivity index (χ3n) is 2.93. The maximum absolute atomic E-state index is 12.6. The molecule has 104 valence electrons. The van der Waals surface area contributed by atoms with Crippen molar-refractivity contribution in [2.75, 3.05) is 19.1 Å². The van der Waals surface area contributed by atoms with Crippen molar-refractivity contribution < 1.29 is 9.53 Å². The molecule has 0 saturated heterocycles. The van der Waals surface area contributed by atoms with Gasteiger partial charge in [-0.1, -0.05) is 29.8 Å². The summed E-state index contributed by atoms with van der Waals surface area (Å²) in [5, 5.41) is 0.402. The van der Waals surface area contributed by atoms with Gasteiger partial charge in [-0.25, -0.2) is 0 Å². The molecule has 0 bridgehead atoms. The van der Waals surface area contributed by atoms with Crippen LogP contribution >= 0.6 is 27.5 Å². The van der Waals surface area contributed by atoms with Crippen LogP contribution < -0.4 is 9.64 Å². The highest BCUT2D eigenvalue weighted by Crippen LogP contribution is 2.31. The minimum Gasteiger partial charge on any atom is -0.495 e. The minimum absolute atomic E-state index is 0.194. The number of nitrogens with zero attached hydrogens (tertiary/aromatic N) is 1. The molecule has 2 aromatic carbocycles. The summed E-state index contributed by atoms with van der Waals surface area (Å²) >= 11 is 9.49. The van der Waals surface area contributed by atoms with Crippen LogP contribution in [0.3, 0.4) is 0 Å². The van der Waals surface area contributed by atoms with E-state index in [1.165, 1.54) is 4.90 Å². The lowest BCUT2D eigenvalue weighted by Crippen LogP contribution is -2.27. The smallest absolute Gasteiger partial charge is 0.259 e. The molecule has 0 aliphatic rings. The normalized spacial score (nSPS) is 10.2.